The van der Waals surface area contributed by atoms with Crippen molar-refractivity contribution in [2.24, 2.45) is 0 Å². The molecule has 1 aromatic rings. The fourth-order valence-corrected chi connectivity index (χ4v) is 1.25. The zero-order chi connectivity index (χ0) is 10.1. The Balaban J connectivity index is 0.000000424. The molecular formula is C11H15NO. The van der Waals surface area contributed by atoms with Gasteiger partial charge in [0.25, 0.3) is 6.26 Å². The normalized spacial score (nSPS) is 8.08. The van der Waals surface area contributed by atoms with Crippen LogP contribution in [0.5, 0.6) is 0 Å². The predicted molar refractivity (Wildman–Crippen MR) is 52.7 cm³/mol. The number of hydrogen-bond donors (Lipinski definition) is 1. The Kier molecular flexibility index (Phi) is 6.35. The minimum Gasteiger partial charge on any atom is -0.443 e. The van der Waals surface area contributed by atoms with Gasteiger partial charge >= 0.3 is 0 Å². The minimum atomic E-state index is 0.750. The van der Waals surface area contributed by atoms with Gasteiger partial charge in [0.05, 0.1) is 0 Å². The lowest BCUT2D eigenvalue weighted by Gasteiger charge is -2.02. The van der Waals surface area contributed by atoms with E-state index in [4.69, 9.17) is 10.4 Å². The average Bonchev–Trinajstić information content (AvgIpc) is 2.19. The molecule has 0 heterocycles. The topological polar surface area (TPSA) is 44.0 Å². The lowest BCUT2D eigenvalue weighted by Crippen LogP contribution is -1.88. The third-order valence-corrected chi connectivity index (χ3v) is 1.88. The summed E-state index contributed by atoms with van der Waals surface area (Å²) in [5.41, 5.74) is 2.98. The summed E-state index contributed by atoms with van der Waals surface area (Å²) in [4.78, 5) is 0. The zero-order valence-electron chi connectivity index (χ0n) is 8.12. The van der Waals surface area contributed by atoms with Gasteiger partial charge in [0.15, 0.2) is 0 Å². The molecule has 2 heteroatoms. The Morgan fingerprint density at radius 2 is 1.46 bits per heavy atom. The van der Waals surface area contributed by atoms with Gasteiger partial charge in [-0.15, -0.1) is 0 Å². The van der Waals surface area contributed by atoms with Crippen LogP contribution in [0.3, 0.4) is 0 Å². The second kappa shape index (κ2) is 7.17. The highest BCUT2D eigenvalue weighted by Crippen LogP contribution is 2.08. The van der Waals surface area contributed by atoms with Crippen molar-refractivity contribution in [1.29, 1.82) is 5.26 Å². The number of aryl methyl sites for hydroxylation is 2. The maximum absolute atomic E-state index is 6.88. The molecule has 70 valence electrons. The second-order valence-electron chi connectivity index (χ2n) is 2.58. The molecule has 0 aromatic heterocycles. The fraction of sp³-hybridized carbons (Fsp3) is 0.364. The van der Waals surface area contributed by atoms with Crippen molar-refractivity contribution in [3.8, 4) is 6.26 Å². The van der Waals surface area contributed by atoms with Crippen molar-refractivity contribution in [2.45, 2.75) is 26.7 Å². The standard InChI is InChI=1S/C10H14.CHNO/c1-3-9-7-5-6-8-10(9)4-2;2-1-3/h5-8H,3-4H2,1-2H3;3H. The number of aliphatic hydroxyl groups is 1. The SMILES string of the molecule is CCc1ccccc1CC.N#CO. The molecular weight excluding hydrogens is 162 g/mol. The molecule has 0 aliphatic rings. The van der Waals surface area contributed by atoms with Gasteiger partial charge in [-0.05, 0) is 24.0 Å². The monoisotopic (exact) mass is 177 g/mol. The van der Waals surface area contributed by atoms with Crippen molar-refractivity contribution in [3.63, 3.8) is 0 Å². The van der Waals surface area contributed by atoms with E-state index in [-0.39, 0.29) is 0 Å². The molecule has 0 saturated heterocycles. The fourth-order valence-electron chi connectivity index (χ4n) is 1.25. The van der Waals surface area contributed by atoms with Crippen LogP contribution < -0.4 is 0 Å². The quantitative estimate of drug-likeness (QED) is 0.706. The summed E-state index contributed by atoms with van der Waals surface area (Å²) in [6, 6.07) is 8.63. The van der Waals surface area contributed by atoms with Crippen LogP contribution in [0.15, 0.2) is 24.3 Å². The number of benzene rings is 1. The molecule has 0 spiro atoms. The molecule has 0 fully saturated rings. The van der Waals surface area contributed by atoms with Crippen LogP contribution >= 0.6 is 0 Å². The number of hydrogen-bond acceptors (Lipinski definition) is 2. The van der Waals surface area contributed by atoms with Crippen molar-refractivity contribution in [2.75, 3.05) is 0 Å². The molecule has 1 N–H and O–H groups in total. The molecule has 0 saturated carbocycles. The first kappa shape index (κ1) is 11.5. The summed E-state index contributed by atoms with van der Waals surface area (Å²) < 4.78 is 0. The molecule has 0 unspecified atom stereocenters. The first-order chi connectivity index (χ1) is 6.29. The van der Waals surface area contributed by atoms with Crippen LogP contribution in [0.2, 0.25) is 0 Å². The van der Waals surface area contributed by atoms with Crippen molar-refractivity contribution < 1.29 is 5.11 Å². The molecule has 0 bridgehead atoms. The van der Waals surface area contributed by atoms with E-state index in [9.17, 15) is 0 Å². The molecule has 0 amide bonds. The highest BCUT2D eigenvalue weighted by Gasteiger charge is 1.93. The number of aliphatic hydroxyl groups excluding tert-OH is 1. The molecule has 0 radical (unpaired) electrons. The molecule has 0 atom stereocenters. The van der Waals surface area contributed by atoms with Gasteiger partial charge in [-0.3, -0.25) is 0 Å². The summed E-state index contributed by atoms with van der Waals surface area (Å²) in [6.07, 6.45) is 3.06. The van der Waals surface area contributed by atoms with Crippen LogP contribution in [0, 0.1) is 11.5 Å². The maximum Gasteiger partial charge on any atom is 0.283 e. The average molecular weight is 177 g/mol. The van der Waals surface area contributed by atoms with Crippen molar-refractivity contribution in [3.05, 3.63) is 35.4 Å². The Hall–Kier alpha value is -1.49. The number of nitrogens with zero attached hydrogens (tertiary/aromatic N) is 1. The first-order valence-corrected chi connectivity index (χ1v) is 4.40. The maximum atomic E-state index is 6.88. The van der Waals surface area contributed by atoms with Gasteiger partial charge in [0.1, 0.15) is 0 Å². The lowest BCUT2D eigenvalue weighted by atomic mass is 10.0. The van der Waals surface area contributed by atoms with Crippen LogP contribution in [-0.4, -0.2) is 5.11 Å². The van der Waals surface area contributed by atoms with E-state index in [2.05, 4.69) is 38.1 Å². The predicted octanol–water partition coefficient (Wildman–Crippen LogP) is 2.65. The van der Waals surface area contributed by atoms with Crippen molar-refractivity contribution >= 4 is 0 Å². The van der Waals surface area contributed by atoms with E-state index in [0.717, 1.165) is 19.1 Å². The Morgan fingerprint density at radius 3 is 1.69 bits per heavy atom. The molecule has 13 heavy (non-hydrogen) atoms. The number of rotatable bonds is 2. The summed E-state index contributed by atoms with van der Waals surface area (Å²) >= 11 is 0. The summed E-state index contributed by atoms with van der Waals surface area (Å²) in [7, 11) is 0. The number of nitriles is 1. The third-order valence-electron chi connectivity index (χ3n) is 1.88. The largest absolute Gasteiger partial charge is 0.443 e. The van der Waals surface area contributed by atoms with Crippen LogP contribution in [0.25, 0.3) is 0 Å². The van der Waals surface area contributed by atoms with E-state index >= 15 is 0 Å². The lowest BCUT2D eigenvalue weighted by molar-refractivity contribution is 0.503. The van der Waals surface area contributed by atoms with E-state index < -0.39 is 0 Å². The van der Waals surface area contributed by atoms with Gasteiger partial charge in [0, 0.05) is 0 Å². The van der Waals surface area contributed by atoms with E-state index in [0.29, 0.717) is 0 Å². The van der Waals surface area contributed by atoms with E-state index in [1.165, 1.54) is 11.1 Å². The molecule has 1 aromatic carbocycles. The molecule has 0 aliphatic heterocycles. The van der Waals surface area contributed by atoms with Gasteiger partial charge in [-0.1, -0.05) is 38.1 Å². The summed E-state index contributed by atoms with van der Waals surface area (Å²) in [5.74, 6) is 0. The second-order valence-corrected chi connectivity index (χ2v) is 2.58. The summed E-state index contributed by atoms with van der Waals surface area (Å²) in [6.45, 7) is 4.41. The minimum absolute atomic E-state index is 0.750. The smallest absolute Gasteiger partial charge is 0.283 e. The third kappa shape index (κ3) is 4.17. The van der Waals surface area contributed by atoms with Crippen LogP contribution in [0.1, 0.15) is 25.0 Å². The van der Waals surface area contributed by atoms with E-state index in [1.807, 2.05) is 0 Å². The van der Waals surface area contributed by atoms with Gasteiger partial charge in [-0.2, -0.15) is 5.26 Å². The Morgan fingerprint density at radius 1 is 1.15 bits per heavy atom. The molecule has 0 aliphatic carbocycles. The molecule has 2 nitrogen and oxygen atoms in total. The van der Waals surface area contributed by atoms with Crippen LogP contribution in [-0.2, 0) is 12.8 Å². The van der Waals surface area contributed by atoms with Crippen molar-refractivity contribution in [1.82, 2.24) is 0 Å². The Bertz CT molecular complexity index is 253. The van der Waals surface area contributed by atoms with Crippen LogP contribution in [0.4, 0.5) is 0 Å². The molecule has 1 rings (SSSR count). The Labute approximate surface area is 79.4 Å². The highest BCUT2D eigenvalue weighted by molar-refractivity contribution is 5.26. The highest BCUT2D eigenvalue weighted by atomic mass is 16.2. The van der Waals surface area contributed by atoms with Gasteiger partial charge in [-0.25, -0.2) is 0 Å². The van der Waals surface area contributed by atoms with Gasteiger partial charge < -0.3 is 5.11 Å². The van der Waals surface area contributed by atoms with Gasteiger partial charge in [0.2, 0.25) is 0 Å². The first-order valence-electron chi connectivity index (χ1n) is 4.40. The summed E-state index contributed by atoms with van der Waals surface area (Å²) in [5, 5.41) is 13.8. The van der Waals surface area contributed by atoms with E-state index in [1.54, 1.807) is 0 Å². The zero-order valence-corrected chi connectivity index (χ0v) is 8.12.